The second-order valence-corrected chi connectivity index (χ2v) is 8.17. The van der Waals surface area contributed by atoms with Gasteiger partial charge in [-0.2, -0.15) is 0 Å². The van der Waals surface area contributed by atoms with E-state index in [1.165, 1.54) is 12.3 Å². The van der Waals surface area contributed by atoms with Gasteiger partial charge in [-0.25, -0.2) is 18.1 Å². The van der Waals surface area contributed by atoms with Crippen molar-refractivity contribution in [3.63, 3.8) is 0 Å². The fraction of sp³-hybridized carbons (Fsp3) is 0.389. The van der Waals surface area contributed by atoms with Crippen molar-refractivity contribution in [2.45, 2.75) is 30.9 Å². The zero-order valence-corrected chi connectivity index (χ0v) is 16.4. The molecule has 1 aromatic heterocycles. The summed E-state index contributed by atoms with van der Waals surface area (Å²) in [5.74, 6) is 1.93. The summed E-state index contributed by atoms with van der Waals surface area (Å²) < 4.78 is 43.4. The van der Waals surface area contributed by atoms with Crippen LogP contribution < -0.4 is 24.2 Å². The van der Waals surface area contributed by atoms with Crippen molar-refractivity contribution in [1.82, 2.24) is 9.71 Å². The summed E-state index contributed by atoms with van der Waals surface area (Å²) in [6.45, 7) is 3.71. The van der Waals surface area contributed by atoms with E-state index in [-0.39, 0.29) is 36.7 Å². The molecule has 1 atom stereocenters. The minimum Gasteiger partial charge on any atom is -0.491 e. The summed E-state index contributed by atoms with van der Waals surface area (Å²) >= 11 is 0. The summed E-state index contributed by atoms with van der Waals surface area (Å²) in [5.41, 5.74) is 0. The molecule has 0 spiro atoms. The fourth-order valence-corrected chi connectivity index (χ4v) is 3.93. The van der Waals surface area contributed by atoms with Crippen molar-refractivity contribution in [2.24, 2.45) is 0 Å². The smallest absolute Gasteiger partial charge is 0.244 e. The Morgan fingerprint density at radius 1 is 1.25 bits per heavy atom. The lowest BCUT2D eigenvalue weighted by Gasteiger charge is -2.16. The molecule has 28 heavy (non-hydrogen) atoms. The van der Waals surface area contributed by atoms with E-state index < -0.39 is 16.1 Å². The lowest BCUT2D eigenvalue weighted by Crippen LogP contribution is -2.32. The van der Waals surface area contributed by atoms with Crippen LogP contribution in [0.15, 0.2) is 41.4 Å². The first-order valence-electron chi connectivity index (χ1n) is 8.77. The highest BCUT2D eigenvalue weighted by atomic mass is 32.2. The van der Waals surface area contributed by atoms with E-state index in [0.717, 1.165) is 0 Å². The van der Waals surface area contributed by atoms with Gasteiger partial charge in [-0.15, -0.1) is 0 Å². The number of hydrogen-bond acceptors (Lipinski definition) is 8. The molecule has 0 radical (unpaired) electrons. The third kappa shape index (κ3) is 5.03. The molecule has 0 saturated heterocycles. The van der Waals surface area contributed by atoms with Crippen LogP contribution in [0.5, 0.6) is 17.2 Å². The van der Waals surface area contributed by atoms with Gasteiger partial charge < -0.3 is 24.6 Å². The molecule has 0 amide bonds. The van der Waals surface area contributed by atoms with E-state index >= 15 is 0 Å². The Morgan fingerprint density at radius 3 is 2.82 bits per heavy atom. The Hall–Kier alpha value is -2.56. The number of hydrogen-bond donors (Lipinski definition) is 3. The predicted octanol–water partition coefficient (Wildman–Crippen LogP) is 1.35. The molecule has 10 heteroatoms. The van der Waals surface area contributed by atoms with Gasteiger partial charge in [0, 0.05) is 24.8 Å². The first kappa shape index (κ1) is 20.2. The molecule has 9 nitrogen and oxygen atoms in total. The Morgan fingerprint density at radius 2 is 2.04 bits per heavy atom. The molecule has 3 N–H and O–H groups in total. The molecular weight excluding hydrogens is 386 g/mol. The summed E-state index contributed by atoms with van der Waals surface area (Å²) in [4.78, 5) is 4.09. The van der Waals surface area contributed by atoms with Gasteiger partial charge >= 0.3 is 0 Å². The number of pyridine rings is 1. The molecule has 1 aliphatic heterocycles. The highest BCUT2D eigenvalue weighted by Gasteiger charge is 2.21. The number of anilines is 1. The number of fused-ring (bicyclic) bond motifs is 1. The van der Waals surface area contributed by atoms with Gasteiger partial charge in [-0.1, -0.05) is 0 Å². The van der Waals surface area contributed by atoms with Crippen molar-refractivity contribution >= 4 is 15.8 Å². The summed E-state index contributed by atoms with van der Waals surface area (Å²) in [6.07, 6.45) is 0.590. The van der Waals surface area contributed by atoms with Crippen LogP contribution in [0, 0.1) is 0 Å². The highest BCUT2D eigenvalue weighted by molar-refractivity contribution is 7.89. The third-order valence-corrected chi connectivity index (χ3v) is 5.43. The summed E-state index contributed by atoms with van der Waals surface area (Å²) in [7, 11) is -3.71. The zero-order valence-electron chi connectivity index (χ0n) is 15.6. The molecule has 3 rings (SSSR count). The number of nitrogens with zero attached hydrogens (tertiary/aromatic N) is 1. The fourth-order valence-electron chi connectivity index (χ4n) is 2.55. The van der Waals surface area contributed by atoms with Crippen LogP contribution in [0.2, 0.25) is 0 Å². The topological polar surface area (TPSA) is 119 Å². The van der Waals surface area contributed by atoms with Gasteiger partial charge in [0.15, 0.2) is 11.5 Å². The SMILES string of the molecule is CC(C)NS(=O)(=O)c1cccnc1NC[C@H](O)COc1ccc2c(c1)OCO2. The first-order chi connectivity index (χ1) is 13.3. The molecule has 0 saturated carbocycles. The first-order valence-corrected chi connectivity index (χ1v) is 10.2. The molecule has 0 fully saturated rings. The predicted molar refractivity (Wildman–Crippen MR) is 102 cm³/mol. The van der Waals surface area contributed by atoms with Gasteiger partial charge in [0.05, 0.1) is 0 Å². The van der Waals surface area contributed by atoms with Crippen LogP contribution in [0.25, 0.3) is 0 Å². The van der Waals surface area contributed by atoms with Crippen LogP contribution in [0.3, 0.4) is 0 Å². The van der Waals surface area contributed by atoms with Gasteiger partial charge in [0.2, 0.25) is 16.8 Å². The van der Waals surface area contributed by atoms with E-state index in [4.69, 9.17) is 14.2 Å². The molecule has 0 bridgehead atoms. The van der Waals surface area contributed by atoms with Crippen molar-refractivity contribution in [3.8, 4) is 17.2 Å². The van der Waals surface area contributed by atoms with Crippen LogP contribution in [-0.4, -0.2) is 50.6 Å². The van der Waals surface area contributed by atoms with Crippen molar-refractivity contribution in [3.05, 3.63) is 36.5 Å². The minimum atomic E-state index is -3.71. The summed E-state index contributed by atoms with van der Waals surface area (Å²) in [6, 6.07) is 7.88. The lowest BCUT2D eigenvalue weighted by atomic mass is 10.3. The molecule has 2 aromatic rings. The number of benzene rings is 1. The van der Waals surface area contributed by atoms with Crippen LogP contribution in [0.4, 0.5) is 5.82 Å². The van der Waals surface area contributed by atoms with E-state index in [0.29, 0.717) is 17.2 Å². The van der Waals surface area contributed by atoms with Gasteiger partial charge in [0.25, 0.3) is 0 Å². The number of aromatic nitrogens is 1. The average molecular weight is 409 g/mol. The van der Waals surface area contributed by atoms with Gasteiger partial charge in [-0.3, -0.25) is 0 Å². The number of rotatable bonds is 9. The minimum absolute atomic E-state index is 0.00576. The van der Waals surface area contributed by atoms with Crippen LogP contribution >= 0.6 is 0 Å². The van der Waals surface area contributed by atoms with Crippen molar-refractivity contribution in [1.29, 1.82) is 0 Å². The second kappa shape index (κ2) is 8.63. The van der Waals surface area contributed by atoms with Gasteiger partial charge in [0.1, 0.15) is 29.2 Å². The number of aliphatic hydroxyl groups excluding tert-OH is 1. The standard InChI is InChI=1S/C18H23N3O6S/c1-12(2)21-28(23,24)17-4-3-7-19-18(17)20-9-13(22)10-25-14-5-6-15-16(8-14)27-11-26-15/h3-8,12-13,21-22H,9-11H2,1-2H3,(H,19,20)/t13-/m0/s1. The number of nitrogens with one attached hydrogen (secondary N) is 2. The summed E-state index contributed by atoms with van der Waals surface area (Å²) in [5, 5.41) is 13.0. The molecular formula is C18H23N3O6S. The normalized spacial score (nSPS) is 14.1. The Bertz CT molecular complexity index is 919. The quantitative estimate of drug-likeness (QED) is 0.568. The number of sulfonamides is 1. The maximum Gasteiger partial charge on any atom is 0.244 e. The molecule has 1 aromatic carbocycles. The van der Waals surface area contributed by atoms with E-state index in [2.05, 4.69) is 15.0 Å². The second-order valence-electron chi connectivity index (χ2n) is 6.49. The molecule has 1 aliphatic rings. The Kier molecular flexibility index (Phi) is 6.22. The largest absolute Gasteiger partial charge is 0.491 e. The third-order valence-electron chi connectivity index (χ3n) is 3.74. The number of ether oxygens (including phenoxy) is 3. The average Bonchev–Trinajstić information content (AvgIpc) is 3.11. The molecule has 152 valence electrons. The van der Waals surface area contributed by atoms with Crippen LogP contribution in [0.1, 0.15) is 13.8 Å². The molecule has 0 aliphatic carbocycles. The Labute approximate surface area is 163 Å². The van der Waals surface area contributed by atoms with Crippen molar-refractivity contribution in [2.75, 3.05) is 25.3 Å². The Balaban J connectivity index is 1.57. The van der Waals surface area contributed by atoms with E-state index in [9.17, 15) is 13.5 Å². The monoisotopic (exact) mass is 409 g/mol. The zero-order chi connectivity index (χ0) is 20.1. The van der Waals surface area contributed by atoms with Crippen LogP contribution in [-0.2, 0) is 10.0 Å². The molecule has 2 heterocycles. The number of aliphatic hydroxyl groups is 1. The van der Waals surface area contributed by atoms with E-state index in [1.807, 2.05) is 0 Å². The maximum absolute atomic E-state index is 12.4. The van der Waals surface area contributed by atoms with E-state index in [1.54, 1.807) is 38.1 Å². The lowest BCUT2D eigenvalue weighted by molar-refractivity contribution is 0.117. The van der Waals surface area contributed by atoms with Gasteiger partial charge in [-0.05, 0) is 38.1 Å². The highest BCUT2D eigenvalue weighted by Crippen LogP contribution is 2.35. The maximum atomic E-state index is 12.4. The van der Waals surface area contributed by atoms with Crippen molar-refractivity contribution < 1.29 is 27.7 Å². The molecule has 0 unspecified atom stereocenters.